The Kier molecular flexibility index (Phi) is 5.54. The molecule has 1 aromatic heterocycles. The van der Waals surface area contributed by atoms with Crippen LogP contribution in [0.25, 0.3) is 0 Å². The van der Waals surface area contributed by atoms with Gasteiger partial charge >= 0.3 is 0 Å². The van der Waals surface area contributed by atoms with Crippen LogP contribution in [0.5, 0.6) is 11.5 Å². The van der Waals surface area contributed by atoms with Crippen LogP contribution in [0.2, 0.25) is 0 Å². The monoisotopic (exact) mass is 424 g/mol. The number of rotatable bonds is 5. The number of methoxy groups -OCH3 is 1. The van der Waals surface area contributed by atoms with Gasteiger partial charge in [0, 0.05) is 18.2 Å². The van der Waals surface area contributed by atoms with E-state index in [9.17, 15) is 13.6 Å². The number of nitrogens with zero attached hydrogens (tertiary/aromatic N) is 4. The van der Waals surface area contributed by atoms with Crippen LogP contribution in [0.1, 0.15) is 27.3 Å². The molecule has 1 aliphatic heterocycles. The fourth-order valence-corrected chi connectivity index (χ4v) is 3.48. The molecule has 0 N–H and O–H groups in total. The highest BCUT2D eigenvalue weighted by atomic mass is 19.1. The fraction of sp³-hybridized carbons (Fsp3) is 0.227. The smallest absolute Gasteiger partial charge is 0.254 e. The summed E-state index contributed by atoms with van der Waals surface area (Å²) in [6.45, 7) is 1.09. The zero-order valence-electron chi connectivity index (χ0n) is 16.6. The summed E-state index contributed by atoms with van der Waals surface area (Å²) in [6, 6.07) is 11.3. The number of fused-ring (bicyclic) bond motifs is 1. The summed E-state index contributed by atoms with van der Waals surface area (Å²) in [5.41, 5.74) is 1.27. The largest absolute Gasteiger partial charge is 0.493 e. The Balaban J connectivity index is 1.53. The van der Waals surface area contributed by atoms with E-state index in [2.05, 4.69) is 5.10 Å². The van der Waals surface area contributed by atoms with Gasteiger partial charge in [-0.05, 0) is 30.3 Å². The van der Waals surface area contributed by atoms with Crippen LogP contribution in [0.4, 0.5) is 8.78 Å². The van der Waals surface area contributed by atoms with Crippen molar-refractivity contribution < 1.29 is 23.0 Å². The first-order valence-corrected chi connectivity index (χ1v) is 9.50. The first-order valence-electron chi connectivity index (χ1n) is 9.50. The summed E-state index contributed by atoms with van der Waals surface area (Å²) < 4.78 is 40.2. The molecule has 0 spiro atoms. The fourth-order valence-electron chi connectivity index (χ4n) is 3.48. The van der Waals surface area contributed by atoms with E-state index in [1.165, 1.54) is 31.4 Å². The molecule has 7 nitrogen and oxygen atoms in total. The third kappa shape index (κ3) is 4.05. The zero-order valence-corrected chi connectivity index (χ0v) is 16.6. The SMILES string of the molecule is COc1c(COc2cccc(F)c2)nn2c1CN(C(=O)c1ccc(C#N)c(F)c1)CC2. The van der Waals surface area contributed by atoms with Gasteiger partial charge in [-0.2, -0.15) is 10.4 Å². The Hall–Kier alpha value is -3.93. The number of hydrogen-bond donors (Lipinski definition) is 0. The molecule has 1 aliphatic rings. The van der Waals surface area contributed by atoms with Crippen molar-refractivity contribution in [1.29, 1.82) is 5.26 Å². The molecule has 3 aromatic rings. The summed E-state index contributed by atoms with van der Waals surface area (Å²) in [6.07, 6.45) is 0. The highest BCUT2D eigenvalue weighted by Gasteiger charge is 2.28. The van der Waals surface area contributed by atoms with Crippen molar-refractivity contribution in [2.45, 2.75) is 19.7 Å². The number of amides is 1. The molecule has 0 fully saturated rings. The molecule has 4 rings (SSSR count). The lowest BCUT2D eigenvalue weighted by molar-refractivity contribution is 0.0703. The predicted molar refractivity (Wildman–Crippen MR) is 105 cm³/mol. The van der Waals surface area contributed by atoms with Crippen LogP contribution < -0.4 is 9.47 Å². The molecule has 0 radical (unpaired) electrons. The van der Waals surface area contributed by atoms with E-state index >= 15 is 0 Å². The second-order valence-corrected chi connectivity index (χ2v) is 6.93. The molecular weight excluding hydrogens is 406 g/mol. The van der Waals surface area contributed by atoms with Crippen LogP contribution in [-0.4, -0.2) is 34.2 Å². The molecule has 9 heteroatoms. The van der Waals surface area contributed by atoms with Crippen molar-refractivity contribution in [1.82, 2.24) is 14.7 Å². The summed E-state index contributed by atoms with van der Waals surface area (Å²) in [7, 11) is 1.50. The van der Waals surface area contributed by atoms with Crippen molar-refractivity contribution >= 4 is 5.91 Å². The molecule has 158 valence electrons. The number of hydrogen-bond acceptors (Lipinski definition) is 5. The number of nitriles is 1. The van der Waals surface area contributed by atoms with E-state index in [1.807, 2.05) is 0 Å². The predicted octanol–water partition coefficient (Wildman–Crippen LogP) is 3.28. The van der Waals surface area contributed by atoms with Gasteiger partial charge in [-0.25, -0.2) is 8.78 Å². The number of carbonyl (C=O) groups is 1. The number of carbonyl (C=O) groups excluding carboxylic acids is 1. The Bertz CT molecular complexity index is 1190. The Morgan fingerprint density at radius 2 is 2.06 bits per heavy atom. The second kappa shape index (κ2) is 8.44. The average molecular weight is 424 g/mol. The van der Waals surface area contributed by atoms with Crippen molar-refractivity contribution in [2.75, 3.05) is 13.7 Å². The van der Waals surface area contributed by atoms with Crippen molar-refractivity contribution in [3.8, 4) is 17.6 Å². The van der Waals surface area contributed by atoms with Crippen LogP contribution in [0.15, 0.2) is 42.5 Å². The van der Waals surface area contributed by atoms with Crippen molar-refractivity contribution in [2.24, 2.45) is 0 Å². The van der Waals surface area contributed by atoms with Crippen molar-refractivity contribution in [3.05, 3.63) is 76.6 Å². The minimum atomic E-state index is -0.732. The van der Waals surface area contributed by atoms with Crippen LogP contribution >= 0.6 is 0 Å². The van der Waals surface area contributed by atoms with Gasteiger partial charge in [-0.1, -0.05) is 6.07 Å². The lowest BCUT2D eigenvalue weighted by Crippen LogP contribution is -2.38. The summed E-state index contributed by atoms with van der Waals surface area (Å²) in [5, 5.41) is 13.4. The van der Waals surface area contributed by atoms with Gasteiger partial charge in [-0.3, -0.25) is 9.48 Å². The van der Waals surface area contributed by atoms with E-state index in [0.29, 0.717) is 36.0 Å². The maximum atomic E-state index is 13.9. The van der Waals surface area contributed by atoms with Crippen LogP contribution in [0, 0.1) is 23.0 Å². The zero-order chi connectivity index (χ0) is 22.0. The van der Waals surface area contributed by atoms with Crippen LogP contribution in [-0.2, 0) is 19.7 Å². The standard InChI is InChI=1S/C22H18F2N4O3/c1-30-21-19(13-31-17-4-2-3-16(23)10-17)26-28-8-7-27(12-20(21)28)22(29)14-5-6-15(11-25)18(24)9-14/h2-6,9-10H,7-8,12-13H2,1H3. The van der Waals surface area contributed by atoms with Crippen molar-refractivity contribution in [3.63, 3.8) is 0 Å². The van der Waals surface area contributed by atoms with Gasteiger partial charge in [0.25, 0.3) is 5.91 Å². The van der Waals surface area contributed by atoms with Gasteiger partial charge in [-0.15, -0.1) is 0 Å². The van der Waals surface area contributed by atoms with E-state index in [0.717, 1.165) is 6.07 Å². The minimum absolute atomic E-state index is 0.0708. The van der Waals surface area contributed by atoms with Gasteiger partial charge in [0.1, 0.15) is 41.4 Å². The van der Waals surface area contributed by atoms with E-state index < -0.39 is 11.6 Å². The maximum absolute atomic E-state index is 13.9. The summed E-state index contributed by atoms with van der Waals surface area (Å²) in [4.78, 5) is 14.4. The lowest BCUT2D eigenvalue weighted by Gasteiger charge is -2.28. The van der Waals surface area contributed by atoms with Crippen LogP contribution in [0.3, 0.4) is 0 Å². The quantitative estimate of drug-likeness (QED) is 0.628. The number of benzene rings is 2. The topological polar surface area (TPSA) is 80.4 Å². The normalized spacial score (nSPS) is 12.8. The third-order valence-corrected chi connectivity index (χ3v) is 5.00. The molecule has 0 unspecified atom stereocenters. The highest BCUT2D eigenvalue weighted by Crippen LogP contribution is 2.29. The molecule has 0 bridgehead atoms. The van der Waals surface area contributed by atoms with Gasteiger partial charge in [0.05, 0.1) is 25.8 Å². The Morgan fingerprint density at radius 3 is 2.77 bits per heavy atom. The summed E-state index contributed by atoms with van der Waals surface area (Å²) >= 11 is 0. The number of ether oxygens (including phenoxy) is 2. The van der Waals surface area contributed by atoms with E-state index in [-0.39, 0.29) is 30.2 Å². The van der Waals surface area contributed by atoms with Gasteiger partial charge in [0.15, 0.2) is 5.75 Å². The Morgan fingerprint density at radius 1 is 1.23 bits per heavy atom. The minimum Gasteiger partial charge on any atom is -0.493 e. The summed E-state index contributed by atoms with van der Waals surface area (Å²) in [5.74, 6) is -0.630. The maximum Gasteiger partial charge on any atom is 0.254 e. The molecule has 1 amide bonds. The molecule has 2 aromatic carbocycles. The first kappa shape index (κ1) is 20.3. The molecule has 31 heavy (non-hydrogen) atoms. The molecule has 0 saturated carbocycles. The third-order valence-electron chi connectivity index (χ3n) is 5.00. The second-order valence-electron chi connectivity index (χ2n) is 6.93. The molecule has 0 saturated heterocycles. The van der Waals surface area contributed by atoms with E-state index in [4.69, 9.17) is 14.7 Å². The van der Waals surface area contributed by atoms with Gasteiger partial charge < -0.3 is 14.4 Å². The highest BCUT2D eigenvalue weighted by molar-refractivity contribution is 5.94. The Labute approximate surface area is 177 Å². The molecular formula is C22H18F2N4O3. The average Bonchev–Trinajstić information content (AvgIpc) is 3.13. The van der Waals surface area contributed by atoms with Gasteiger partial charge in [0.2, 0.25) is 0 Å². The number of halogens is 2. The lowest BCUT2D eigenvalue weighted by atomic mass is 10.1. The molecule has 0 atom stereocenters. The molecule has 0 aliphatic carbocycles. The van der Waals surface area contributed by atoms with E-state index in [1.54, 1.807) is 27.8 Å². The molecule has 2 heterocycles. The first-order chi connectivity index (χ1) is 15.0. The number of aromatic nitrogens is 2.